The number of carbonyl (C=O) groups is 2. The van der Waals surface area contributed by atoms with Crippen molar-refractivity contribution in [2.75, 3.05) is 11.1 Å². The molecule has 0 unspecified atom stereocenters. The molecule has 0 heterocycles. The quantitative estimate of drug-likeness (QED) is 0.498. The molecule has 0 spiro atoms. The molecule has 0 saturated heterocycles. The molecule has 2 amide bonds. The topological polar surface area (TPSA) is 93.4 Å². The molecular formula is C24H24FN3O3. The Morgan fingerprint density at radius 1 is 0.968 bits per heavy atom. The maximum Gasteiger partial charge on any atom is 0.408 e. The van der Waals surface area contributed by atoms with Gasteiger partial charge in [0.1, 0.15) is 11.4 Å². The van der Waals surface area contributed by atoms with Gasteiger partial charge in [-0.1, -0.05) is 36.4 Å². The van der Waals surface area contributed by atoms with Crippen molar-refractivity contribution >= 4 is 23.4 Å². The molecule has 3 rings (SSSR count). The van der Waals surface area contributed by atoms with E-state index in [1.165, 1.54) is 12.1 Å². The van der Waals surface area contributed by atoms with E-state index in [2.05, 4.69) is 10.6 Å². The summed E-state index contributed by atoms with van der Waals surface area (Å²) < 4.78 is 18.5. The van der Waals surface area contributed by atoms with Crippen LogP contribution in [0.25, 0.3) is 0 Å². The maximum atomic E-state index is 13.0. The summed E-state index contributed by atoms with van der Waals surface area (Å²) in [7, 11) is 0. The lowest BCUT2D eigenvalue weighted by atomic mass is 9.97. The lowest BCUT2D eigenvalue weighted by Gasteiger charge is -2.26. The van der Waals surface area contributed by atoms with Crippen LogP contribution >= 0.6 is 0 Å². The molecule has 4 N–H and O–H groups in total. The number of amides is 2. The molecule has 0 saturated carbocycles. The van der Waals surface area contributed by atoms with E-state index >= 15 is 0 Å². The second-order valence-electron chi connectivity index (χ2n) is 7.50. The number of nitrogen functional groups attached to an aromatic ring is 1. The third-order valence-electron chi connectivity index (χ3n) is 4.75. The number of alkyl carbamates (subject to hydrolysis) is 1. The van der Waals surface area contributed by atoms with E-state index in [0.29, 0.717) is 16.9 Å². The highest BCUT2D eigenvalue weighted by Crippen LogP contribution is 2.26. The van der Waals surface area contributed by atoms with Crippen LogP contribution in [0.2, 0.25) is 0 Å². The zero-order chi connectivity index (χ0) is 22.4. The third kappa shape index (κ3) is 5.82. The Morgan fingerprint density at radius 3 is 2.26 bits per heavy atom. The fourth-order valence-electron chi connectivity index (χ4n) is 2.93. The summed E-state index contributed by atoms with van der Waals surface area (Å²) in [6.45, 7) is 3.73. The van der Waals surface area contributed by atoms with Crippen LogP contribution in [0, 0.1) is 5.82 Å². The molecular weight excluding hydrogens is 397 g/mol. The number of hydrogen-bond acceptors (Lipinski definition) is 4. The van der Waals surface area contributed by atoms with Gasteiger partial charge >= 0.3 is 6.09 Å². The van der Waals surface area contributed by atoms with Crippen molar-refractivity contribution in [3.05, 3.63) is 95.3 Å². The van der Waals surface area contributed by atoms with Gasteiger partial charge in [0.25, 0.3) is 5.91 Å². The molecule has 0 radical (unpaired) electrons. The number of benzene rings is 3. The van der Waals surface area contributed by atoms with Crippen LogP contribution in [-0.4, -0.2) is 12.0 Å². The largest absolute Gasteiger partial charge is 0.439 e. The first-order chi connectivity index (χ1) is 14.7. The van der Waals surface area contributed by atoms with E-state index < -0.39 is 11.7 Å². The fourth-order valence-corrected chi connectivity index (χ4v) is 2.93. The molecule has 6 nitrogen and oxygen atoms in total. The van der Waals surface area contributed by atoms with Gasteiger partial charge in [0.05, 0.1) is 11.4 Å². The van der Waals surface area contributed by atoms with E-state index in [1.807, 2.05) is 0 Å². The van der Waals surface area contributed by atoms with Gasteiger partial charge in [0, 0.05) is 12.1 Å². The van der Waals surface area contributed by atoms with Gasteiger partial charge in [-0.3, -0.25) is 4.79 Å². The summed E-state index contributed by atoms with van der Waals surface area (Å²) in [5.74, 6) is -0.628. The molecule has 0 atom stereocenters. The Labute approximate surface area is 180 Å². The zero-order valence-corrected chi connectivity index (χ0v) is 17.3. The van der Waals surface area contributed by atoms with E-state index in [-0.39, 0.29) is 18.3 Å². The Bertz CT molecular complexity index is 1060. The number of anilines is 2. The van der Waals surface area contributed by atoms with Crippen LogP contribution in [0.3, 0.4) is 0 Å². The van der Waals surface area contributed by atoms with Gasteiger partial charge in [0.2, 0.25) is 0 Å². The molecule has 0 fully saturated rings. The van der Waals surface area contributed by atoms with E-state index in [4.69, 9.17) is 10.5 Å². The maximum absolute atomic E-state index is 13.0. The van der Waals surface area contributed by atoms with Gasteiger partial charge in [0.15, 0.2) is 0 Å². The second kappa shape index (κ2) is 9.30. The van der Waals surface area contributed by atoms with E-state index in [0.717, 1.165) is 11.1 Å². The first kappa shape index (κ1) is 21.8. The van der Waals surface area contributed by atoms with Gasteiger partial charge in [-0.05, 0) is 61.4 Å². The zero-order valence-electron chi connectivity index (χ0n) is 17.3. The molecule has 3 aromatic carbocycles. The Morgan fingerprint density at radius 2 is 1.61 bits per heavy atom. The molecule has 31 heavy (non-hydrogen) atoms. The molecule has 3 aromatic rings. The molecule has 0 aliphatic rings. The standard InChI is InChI=1S/C24H24FN3O3/c1-24(2,31-23(30)27-15-16-7-13-19(25)14-8-16)18-11-9-17(10-12-18)22(29)28-21-6-4-3-5-20(21)26/h3-14H,15,26H2,1-2H3,(H,27,30)(H,28,29). The van der Waals surface area contributed by atoms with Crippen molar-refractivity contribution in [2.45, 2.75) is 26.0 Å². The number of para-hydroxylation sites is 2. The van der Waals surface area contributed by atoms with Crippen LogP contribution in [0.1, 0.15) is 35.3 Å². The van der Waals surface area contributed by atoms with Gasteiger partial charge in [-0.15, -0.1) is 0 Å². The first-order valence-corrected chi connectivity index (χ1v) is 9.72. The van der Waals surface area contributed by atoms with Crippen molar-refractivity contribution in [3.8, 4) is 0 Å². The molecule has 0 bridgehead atoms. The number of nitrogens with two attached hydrogens (primary N) is 1. The van der Waals surface area contributed by atoms with Crippen LogP contribution in [-0.2, 0) is 16.9 Å². The predicted octanol–water partition coefficient (Wildman–Crippen LogP) is 4.82. The lowest BCUT2D eigenvalue weighted by Crippen LogP contribution is -2.32. The summed E-state index contributed by atoms with van der Waals surface area (Å²) in [5, 5.41) is 5.42. The van der Waals surface area contributed by atoms with Crippen LogP contribution in [0.4, 0.5) is 20.6 Å². The minimum atomic E-state index is -0.925. The summed E-state index contributed by atoms with van der Waals surface area (Å²) in [5.41, 5.74) is 7.88. The minimum Gasteiger partial charge on any atom is -0.439 e. The highest BCUT2D eigenvalue weighted by molar-refractivity contribution is 6.05. The summed E-state index contributed by atoms with van der Waals surface area (Å²) >= 11 is 0. The first-order valence-electron chi connectivity index (χ1n) is 9.72. The smallest absolute Gasteiger partial charge is 0.408 e. The van der Waals surface area contributed by atoms with Crippen molar-refractivity contribution in [3.63, 3.8) is 0 Å². The number of hydrogen-bond donors (Lipinski definition) is 3. The number of rotatable bonds is 6. The molecule has 0 aliphatic carbocycles. The number of halogens is 1. The number of carbonyl (C=O) groups excluding carboxylic acids is 2. The van der Waals surface area contributed by atoms with Crippen molar-refractivity contribution < 1.29 is 18.7 Å². The fraction of sp³-hybridized carbons (Fsp3) is 0.167. The molecule has 7 heteroatoms. The summed E-state index contributed by atoms with van der Waals surface area (Å²) in [6, 6.07) is 19.6. The van der Waals surface area contributed by atoms with Gasteiger partial charge in [-0.2, -0.15) is 0 Å². The average Bonchev–Trinajstić information content (AvgIpc) is 2.75. The Kier molecular flexibility index (Phi) is 6.55. The number of ether oxygens (including phenoxy) is 1. The lowest BCUT2D eigenvalue weighted by molar-refractivity contribution is 0.0360. The van der Waals surface area contributed by atoms with Crippen molar-refractivity contribution in [1.82, 2.24) is 5.32 Å². The SMILES string of the molecule is CC(C)(OC(=O)NCc1ccc(F)cc1)c1ccc(C(=O)Nc2ccccc2N)cc1. The van der Waals surface area contributed by atoms with Gasteiger partial charge in [-0.25, -0.2) is 9.18 Å². The highest BCUT2D eigenvalue weighted by atomic mass is 19.1. The molecule has 0 aliphatic heterocycles. The number of nitrogens with one attached hydrogen (secondary N) is 2. The second-order valence-corrected chi connectivity index (χ2v) is 7.50. The van der Waals surface area contributed by atoms with E-state index in [9.17, 15) is 14.0 Å². The Hall–Kier alpha value is -3.87. The highest BCUT2D eigenvalue weighted by Gasteiger charge is 2.25. The van der Waals surface area contributed by atoms with Crippen molar-refractivity contribution in [1.29, 1.82) is 0 Å². The van der Waals surface area contributed by atoms with Gasteiger partial charge < -0.3 is 21.1 Å². The van der Waals surface area contributed by atoms with Crippen LogP contribution < -0.4 is 16.4 Å². The normalized spacial score (nSPS) is 10.9. The molecule has 0 aromatic heterocycles. The van der Waals surface area contributed by atoms with E-state index in [1.54, 1.807) is 74.5 Å². The van der Waals surface area contributed by atoms with Crippen LogP contribution in [0.5, 0.6) is 0 Å². The molecule has 160 valence electrons. The van der Waals surface area contributed by atoms with Crippen molar-refractivity contribution in [2.24, 2.45) is 0 Å². The summed E-state index contributed by atoms with van der Waals surface area (Å²) in [4.78, 5) is 24.7. The summed E-state index contributed by atoms with van der Waals surface area (Å²) in [6.07, 6.45) is -0.601. The third-order valence-corrected chi connectivity index (χ3v) is 4.75. The van der Waals surface area contributed by atoms with Crippen LogP contribution in [0.15, 0.2) is 72.8 Å². The minimum absolute atomic E-state index is 0.219. The average molecular weight is 421 g/mol. The predicted molar refractivity (Wildman–Crippen MR) is 118 cm³/mol. The Balaban J connectivity index is 1.59. The monoisotopic (exact) mass is 421 g/mol.